The van der Waals surface area contributed by atoms with E-state index in [9.17, 15) is 4.79 Å². The first-order valence-corrected chi connectivity index (χ1v) is 6.94. The van der Waals surface area contributed by atoms with E-state index in [-0.39, 0.29) is 11.7 Å². The maximum absolute atomic E-state index is 12.4. The minimum atomic E-state index is -0.677. The molecule has 0 aliphatic carbocycles. The van der Waals surface area contributed by atoms with Gasteiger partial charge in [0.25, 0.3) is 0 Å². The van der Waals surface area contributed by atoms with E-state index in [2.05, 4.69) is 5.16 Å². The summed E-state index contributed by atoms with van der Waals surface area (Å²) in [6.07, 6.45) is 0.397. The summed E-state index contributed by atoms with van der Waals surface area (Å²) in [5, 5.41) is 11.9. The zero-order valence-corrected chi connectivity index (χ0v) is 12.5. The molecule has 116 valence electrons. The Morgan fingerprint density at radius 2 is 2.10 bits per heavy atom. The SMILES string of the molecule is CCOCCN(C)C(=O)C(Cc1ccccc1)/C(N)=N/O. The molecule has 0 aromatic heterocycles. The highest BCUT2D eigenvalue weighted by Gasteiger charge is 2.26. The lowest BCUT2D eigenvalue weighted by Gasteiger charge is -2.23. The first kappa shape index (κ1) is 17.0. The highest BCUT2D eigenvalue weighted by molar-refractivity contribution is 6.02. The third kappa shape index (κ3) is 5.43. The van der Waals surface area contributed by atoms with Crippen LogP contribution in [0.1, 0.15) is 12.5 Å². The van der Waals surface area contributed by atoms with E-state index >= 15 is 0 Å². The molecule has 0 radical (unpaired) electrons. The second-order valence-corrected chi connectivity index (χ2v) is 4.72. The van der Waals surface area contributed by atoms with Crippen LogP contribution >= 0.6 is 0 Å². The number of hydrogen-bond donors (Lipinski definition) is 2. The topological polar surface area (TPSA) is 88.2 Å². The van der Waals surface area contributed by atoms with Crippen molar-refractivity contribution in [2.75, 3.05) is 26.8 Å². The van der Waals surface area contributed by atoms with Crippen molar-refractivity contribution in [3.8, 4) is 0 Å². The van der Waals surface area contributed by atoms with Gasteiger partial charge in [-0.05, 0) is 18.9 Å². The van der Waals surface area contributed by atoms with Crippen molar-refractivity contribution in [1.29, 1.82) is 0 Å². The lowest BCUT2D eigenvalue weighted by atomic mass is 9.97. The molecule has 1 unspecified atom stereocenters. The number of ether oxygens (including phenoxy) is 1. The van der Waals surface area contributed by atoms with Crippen LogP contribution in [0.25, 0.3) is 0 Å². The van der Waals surface area contributed by atoms with E-state index in [1.54, 1.807) is 11.9 Å². The molecule has 6 heteroatoms. The fraction of sp³-hybridized carbons (Fsp3) is 0.467. The number of oxime groups is 1. The fourth-order valence-corrected chi connectivity index (χ4v) is 1.96. The average Bonchev–Trinajstić information content (AvgIpc) is 2.52. The van der Waals surface area contributed by atoms with Gasteiger partial charge in [-0.2, -0.15) is 0 Å². The predicted octanol–water partition coefficient (Wildman–Crippen LogP) is 1.09. The van der Waals surface area contributed by atoms with Gasteiger partial charge in [0.15, 0.2) is 5.84 Å². The summed E-state index contributed by atoms with van der Waals surface area (Å²) < 4.78 is 5.23. The van der Waals surface area contributed by atoms with Gasteiger partial charge in [0.05, 0.1) is 6.61 Å². The molecule has 1 aromatic carbocycles. The Labute approximate surface area is 125 Å². The van der Waals surface area contributed by atoms with Gasteiger partial charge in [0.2, 0.25) is 5.91 Å². The molecule has 0 spiro atoms. The van der Waals surface area contributed by atoms with Crippen LogP contribution in [0.3, 0.4) is 0 Å². The molecule has 0 saturated heterocycles. The second-order valence-electron chi connectivity index (χ2n) is 4.72. The zero-order chi connectivity index (χ0) is 15.7. The lowest BCUT2D eigenvalue weighted by molar-refractivity contribution is -0.132. The molecule has 6 nitrogen and oxygen atoms in total. The molecule has 0 heterocycles. The molecular formula is C15H23N3O3. The number of rotatable bonds is 8. The Bertz CT molecular complexity index is 462. The Hall–Kier alpha value is -2.08. The van der Waals surface area contributed by atoms with E-state index < -0.39 is 5.92 Å². The molecule has 3 N–H and O–H groups in total. The third-order valence-corrected chi connectivity index (χ3v) is 3.20. The van der Waals surface area contributed by atoms with E-state index in [1.807, 2.05) is 37.3 Å². The minimum absolute atomic E-state index is 0.0767. The molecule has 0 aliphatic rings. The Balaban J connectivity index is 2.75. The summed E-state index contributed by atoms with van der Waals surface area (Å²) in [6, 6.07) is 9.50. The normalized spacial score (nSPS) is 13.0. The summed E-state index contributed by atoms with van der Waals surface area (Å²) in [7, 11) is 1.68. The maximum Gasteiger partial charge on any atom is 0.233 e. The van der Waals surface area contributed by atoms with Crippen LogP contribution in [-0.4, -0.2) is 48.7 Å². The molecule has 1 amide bonds. The molecule has 1 rings (SSSR count). The molecule has 0 saturated carbocycles. The van der Waals surface area contributed by atoms with Crippen LogP contribution < -0.4 is 5.73 Å². The van der Waals surface area contributed by atoms with Crippen LogP contribution in [0, 0.1) is 5.92 Å². The highest BCUT2D eigenvalue weighted by Crippen LogP contribution is 2.12. The van der Waals surface area contributed by atoms with Gasteiger partial charge in [0, 0.05) is 20.2 Å². The minimum Gasteiger partial charge on any atom is -0.409 e. The number of hydrogen-bond acceptors (Lipinski definition) is 4. The van der Waals surface area contributed by atoms with Gasteiger partial charge in [-0.15, -0.1) is 0 Å². The summed E-state index contributed by atoms with van der Waals surface area (Å²) in [6.45, 7) is 3.44. The monoisotopic (exact) mass is 293 g/mol. The van der Waals surface area contributed by atoms with Crippen LogP contribution in [0.5, 0.6) is 0 Å². The molecule has 1 aromatic rings. The Morgan fingerprint density at radius 3 is 2.67 bits per heavy atom. The van der Waals surface area contributed by atoms with E-state index in [0.717, 1.165) is 5.56 Å². The molecular weight excluding hydrogens is 270 g/mol. The first-order chi connectivity index (χ1) is 10.1. The number of carbonyl (C=O) groups is 1. The summed E-state index contributed by atoms with van der Waals surface area (Å²) in [4.78, 5) is 14.0. The van der Waals surface area contributed by atoms with Gasteiger partial charge in [0.1, 0.15) is 5.92 Å². The molecule has 0 aliphatic heterocycles. The van der Waals surface area contributed by atoms with Crippen molar-refractivity contribution in [2.45, 2.75) is 13.3 Å². The second kappa shape index (κ2) is 8.97. The number of amidine groups is 1. The standard InChI is InChI=1S/C15H23N3O3/c1-3-21-10-9-18(2)15(19)13(14(16)17-20)11-12-7-5-4-6-8-12/h4-8,13,20H,3,9-11H2,1-2H3,(H2,16,17). The van der Waals surface area contributed by atoms with Gasteiger partial charge in [-0.25, -0.2) is 0 Å². The van der Waals surface area contributed by atoms with Gasteiger partial charge in [-0.3, -0.25) is 4.79 Å². The van der Waals surface area contributed by atoms with Crippen molar-refractivity contribution in [3.05, 3.63) is 35.9 Å². The van der Waals surface area contributed by atoms with E-state index in [0.29, 0.717) is 26.2 Å². The van der Waals surface area contributed by atoms with Crippen LogP contribution in [0.4, 0.5) is 0 Å². The average molecular weight is 293 g/mol. The van der Waals surface area contributed by atoms with E-state index in [1.165, 1.54) is 0 Å². The summed E-state index contributed by atoms with van der Waals surface area (Å²) in [5.74, 6) is -0.940. The van der Waals surface area contributed by atoms with Crippen LogP contribution in [0.2, 0.25) is 0 Å². The number of nitrogens with zero attached hydrogens (tertiary/aromatic N) is 2. The van der Waals surface area contributed by atoms with Gasteiger partial charge >= 0.3 is 0 Å². The van der Waals surface area contributed by atoms with Gasteiger partial charge < -0.3 is 20.6 Å². The van der Waals surface area contributed by atoms with Crippen molar-refractivity contribution in [3.63, 3.8) is 0 Å². The van der Waals surface area contributed by atoms with Crippen molar-refractivity contribution < 1.29 is 14.7 Å². The lowest BCUT2D eigenvalue weighted by Crippen LogP contribution is -2.42. The number of amides is 1. The van der Waals surface area contributed by atoms with Crippen molar-refractivity contribution >= 4 is 11.7 Å². The number of benzene rings is 1. The fourth-order valence-electron chi connectivity index (χ4n) is 1.96. The first-order valence-electron chi connectivity index (χ1n) is 6.94. The molecule has 0 bridgehead atoms. The third-order valence-electron chi connectivity index (χ3n) is 3.20. The van der Waals surface area contributed by atoms with Crippen LogP contribution in [0.15, 0.2) is 35.5 Å². The molecule has 0 fully saturated rings. The Morgan fingerprint density at radius 1 is 1.43 bits per heavy atom. The van der Waals surface area contributed by atoms with Gasteiger partial charge in [-0.1, -0.05) is 35.5 Å². The van der Waals surface area contributed by atoms with Crippen molar-refractivity contribution in [2.24, 2.45) is 16.8 Å². The predicted molar refractivity (Wildman–Crippen MR) is 81.2 cm³/mol. The number of likely N-dealkylation sites (N-methyl/N-ethyl adjacent to an activating group) is 1. The number of nitrogens with two attached hydrogens (primary N) is 1. The quantitative estimate of drug-likeness (QED) is 0.247. The summed E-state index contributed by atoms with van der Waals surface area (Å²) >= 11 is 0. The van der Waals surface area contributed by atoms with Crippen molar-refractivity contribution in [1.82, 2.24) is 4.90 Å². The zero-order valence-electron chi connectivity index (χ0n) is 12.5. The molecule has 1 atom stereocenters. The Kier molecular flexibility index (Phi) is 7.25. The maximum atomic E-state index is 12.4. The largest absolute Gasteiger partial charge is 0.409 e. The molecule has 21 heavy (non-hydrogen) atoms. The smallest absolute Gasteiger partial charge is 0.233 e. The van der Waals surface area contributed by atoms with Crippen LogP contribution in [-0.2, 0) is 16.0 Å². The van der Waals surface area contributed by atoms with E-state index in [4.69, 9.17) is 15.7 Å². The number of carbonyl (C=O) groups excluding carboxylic acids is 1. The highest BCUT2D eigenvalue weighted by atomic mass is 16.5. The summed E-state index contributed by atoms with van der Waals surface area (Å²) in [5.41, 5.74) is 6.64.